The van der Waals surface area contributed by atoms with Crippen molar-refractivity contribution in [3.63, 3.8) is 0 Å². The minimum Gasteiger partial charge on any atom is -0.340 e. The lowest BCUT2D eigenvalue weighted by Gasteiger charge is -2.15. The smallest absolute Gasteiger partial charge is 0.263 e. The van der Waals surface area contributed by atoms with E-state index in [1.54, 1.807) is 5.38 Å². The maximum atomic E-state index is 12.4. The quantitative estimate of drug-likeness (QED) is 0.840. The van der Waals surface area contributed by atoms with Crippen molar-refractivity contribution in [3.8, 4) is 12.3 Å². The normalized spacial score (nSPS) is 16.2. The molecule has 1 amide bonds. The van der Waals surface area contributed by atoms with Gasteiger partial charge in [-0.3, -0.25) is 4.79 Å². The molecule has 5 nitrogen and oxygen atoms in total. The second-order valence-electron chi connectivity index (χ2n) is 4.11. The summed E-state index contributed by atoms with van der Waals surface area (Å²) < 4.78 is 26.2. The standard InChI is InChI=1S/C12H14N2O3S2/c1-2-6-13-12(15)11-10(5-9-18-11)19(16,17)14-7-3-4-8-14/h1,5,9H,3-4,6-8H2,(H,13,15). The summed E-state index contributed by atoms with van der Waals surface area (Å²) in [5.41, 5.74) is 0. The number of nitrogens with zero attached hydrogens (tertiary/aromatic N) is 1. The number of hydrogen-bond donors (Lipinski definition) is 1. The molecule has 0 spiro atoms. The summed E-state index contributed by atoms with van der Waals surface area (Å²) in [6, 6.07) is 1.48. The largest absolute Gasteiger partial charge is 0.340 e. The molecule has 7 heteroatoms. The molecule has 0 atom stereocenters. The number of carbonyl (C=O) groups is 1. The average Bonchev–Trinajstić information content (AvgIpc) is 3.05. The van der Waals surface area contributed by atoms with Gasteiger partial charge in [-0.05, 0) is 24.3 Å². The number of rotatable bonds is 4. The molecule has 0 unspecified atom stereocenters. The van der Waals surface area contributed by atoms with E-state index in [9.17, 15) is 13.2 Å². The summed E-state index contributed by atoms with van der Waals surface area (Å²) >= 11 is 1.11. The number of sulfonamides is 1. The molecule has 102 valence electrons. The monoisotopic (exact) mass is 298 g/mol. The first-order chi connectivity index (χ1) is 9.07. The lowest BCUT2D eigenvalue weighted by atomic mass is 10.4. The second kappa shape index (κ2) is 5.74. The number of hydrogen-bond acceptors (Lipinski definition) is 4. The molecular weight excluding hydrogens is 284 g/mol. The van der Waals surface area contributed by atoms with Crippen LogP contribution in [-0.2, 0) is 10.0 Å². The first kappa shape index (κ1) is 14.1. The number of terminal acetylenes is 1. The lowest BCUT2D eigenvalue weighted by molar-refractivity contribution is 0.0959. The molecule has 0 aliphatic carbocycles. The number of nitrogens with one attached hydrogen (secondary N) is 1. The van der Waals surface area contributed by atoms with E-state index in [0.717, 1.165) is 24.2 Å². The summed E-state index contributed by atoms with van der Waals surface area (Å²) in [5.74, 6) is 1.85. The number of carbonyl (C=O) groups excluding carboxylic acids is 1. The van der Waals surface area contributed by atoms with E-state index < -0.39 is 15.9 Å². The van der Waals surface area contributed by atoms with E-state index in [2.05, 4.69) is 11.2 Å². The van der Waals surface area contributed by atoms with Gasteiger partial charge >= 0.3 is 0 Å². The maximum Gasteiger partial charge on any atom is 0.263 e. The Morgan fingerprint density at radius 3 is 2.79 bits per heavy atom. The third-order valence-corrected chi connectivity index (χ3v) is 5.85. The van der Waals surface area contributed by atoms with Crippen molar-refractivity contribution in [3.05, 3.63) is 16.3 Å². The van der Waals surface area contributed by atoms with Gasteiger partial charge in [-0.2, -0.15) is 4.31 Å². The molecule has 1 saturated heterocycles. The zero-order valence-corrected chi connectivity index (χ0v) is 11.9. The van der Waals surface area contributed by atoms with Gasteiger partial charge in [0.25, 0.3) is 5.91 Å². The van der Waals surface area contributed by atoms with Gasteiger partial charge in [0, 0.05) is 13.1 Å². The van der Waals surface area contributed by atoms with Gasteiger partial charge in [-0.1, -0.05) is 5.92 Å². The lowest BCUT2D eigenvalue weighted by Crippen LogP contribution is -2.30. The fourth-order valence-electron chi connectivity index (χ4n) is 1.95. The minimum atomic E-state index is -3.56. The molecular formula is C12H14N2O3S2. The highest BCUT2D eigenvalue weighted by atomic mass is 32.2. The van der Waals surface area contributed by atoms with Crippen molar-refractivity contribution >= 4 is 27.3 Å². The van der Waals surface area contributed by atoms with E-state index in [-0.39, 0.29) is 16.3 Å². The van der Waals surface area contributed by atoms with Gasteiger partial charge in [-0.15, -0.1) is 17.8 Å². The predicted molar refractivity (Wildman–Crippen MR) is 73.5 cm³/mol. The Morgan fingerprint density at radius 2 is 2.16 bits per heavy atom. The van der Waals surface area contributed by atoms with Crippen LogP contribution in [0.4, 0.5) is 0 Å². The SMILES string of the molecule is C#CCNC(=O)c1sccc1S(=O)(=O)N1CCCC1. The third kappa shape index (κ3) is 2.81. The van der Waals surface area contributed by atoms with E-state index in [4.69, 9.17) is 6.42 Å². The third-order valence-electron chi connectivity index (χ3n) is 2.87. The van der Waals surface area contributed by atoms with Crippen LogP contribution in [0.15, 0.2) is 16.3 Å². The molecule has 2 rings (SSSR count). The van der Waals surface area contributed by atoms with Crippen LogP contribution in [0.3, 0.4) is 0 Å². The van der Waals surface area contributed by atoms with Crippen LogP contribution in [0.2, 0.25) is 0 Å². The number of thiophene rings is 1. The van der Waals surface area contributed by atoms with Crippen LogP contribution in [0.25, 0.3) is 0 Å². The maximum absolute atomic E-state index is 12.4. The van der Waals surface area contributed by atoms with Crippen molar-refractivity contribution in [2.24, 2.45) is 0 Å². The Kier molecular flexibility index (Phi) is 4.24. The molecule has 0 bridgehead atoms. The van der Waals surface area contributed by atoms with Crippen LogP contribution in [0.1, 0.15) is 22.5 Å². The van der Waals surface area contributed by atoms with E-state index in [0.29, 0.717) is 13.1 Å². The van der Waals surface area contributed by atoms with Crippen LogP contribution >= 0.6 is 11.3 Å². The molecule has 1 aromatic heterocycles. The Bertz CT molecular complexity index is 607. The zero-order valence-electron chi connectivity index (χ0n) is 10.3. The highest BCUT2D eigenvalue weighted by Crippen LogP contribution is 2.27. The number of amides is 1. The van der Waals surface area contributed by atoms with E-state index >= 15 is 0 Å². The van der Waals surface area contributed by atoms with Crippen molar-refractivity contribution in [2.75, 3.05) is 19.6 Å². The molecule has 0 aromatic carbocycles. The molecule has 1 aromatic rings. The molecule has 1 aliphatic rings. The van der Waals surface area contributed by atoms with Crippen molar-refractivity contribution in [1.29, 1.82) is 0 Å². The van der Waals surface area contributed by atoms with Crippen LogP contribution in [0.5, 0.6) is 0 Å². The van der Waals surface area contributed by atoms with E-state index in [1.807, 2.05) is 0 Å². The van der Waals surface area contributed by atoms with Crippen LogP contribution in [0, 0.1) is 12.3 Å². The average molecular weight is 298 g/mol. The Balaban J connectivity index is 2.29. The van der Waals surface area contributed by atoms with Gasteiger partial charge in [-0.25, -0.2) is 8.42 Å². The summed E-state index contributed by atoms with van der Waals surface area (Å²) in [7, 11) is -3.56. The van der Waals surface area contributed by atoms with Gasteiger partial charge in [0.05, 0.1) is 6.54 Å². The Labute approximate surface area is 116 Å². The first-order valence-electron chi connectivity index (χ1n) is 5.86. The fourth-order valence-corrected chi connectivity index (χ4v) is 4.78. The van der Waals surface area contributed by atoms with Gasteiger partial charge < -0.3 is 5.32 Å². The van der Waals surface area contributed by atoms with Gasteiger partial charge in [0.1, 0.15) is 9.77 Å². The van der Waals surface area contributed by atoms with Crippen molar-refractivity contribution < 1.29 is 13.2 Å². The summed E-state index contributed by atoms with van der Waals surface area (Å²) in [6.07, 6.45) is 6.79. The van der Waals surface area contributed by atoms with Crippen molar-refractivity contribution in [1.82, 2.24) is 9.62 Å². The highest BCUT2D eigenvalue weighted by molar-refractivity contribution is 7.89. The summed E-state index contributed by atoms with van der Waals surface area (Å²) in [4.78, 5) is 12.1. The van der Waals surface area contributed by atoms with Crippen LogP contribution < -0.4 is 5.32 Å². The second-order valence-corrected chi connectivity index (χ2v) is 6.93. The van der Waals surface area contributed by atoms with Gasteiger partial charge in [0.2, 0.25) is 10.0 Å². The molecule has 2 heterocycles. The minimum absolute atomic E-state index is 0.0777. The molecule has 19 heavy (non-hydrogen) atoms. The first-order valence-corrected chi connectivity index (χ1v) is 8.18. The summed E-state index contributed by atoms with van der Waals surface area (Å²) in [5, 5.41) is 4.10. The summed E-state index contributed by atoms with van der Waals surface area (Å²) in [6.45, 7) is 1.12. The predicted octanol–water partition coefficient (Wildman–Crippen LogP) is 0.896. The Hall–Kier alpha value is -1.36. The fraction of sp³-hybridized carbons (Fsp3) is 0.417. The molecule has 0 radical (unpaired) electrons. The molecule has 1 aliphatic heterocycles. The highest BCUT2D eigenvalue weighted by Gasteiger charge is 2.31. The zero-order chi connectivity index (χ0) is 13.9. The Morgan fingerprint density at radius 1 is 1.47 bits per heavy atom. The van der Waals surface area contributed by atoms with Crippen LogP contribution in [-0.4, -0.2) is 38.3 Å². The van der Waals surface area contributed by atoms with Gasteiger partial charge in [0.15, 0.2) is 0 Å². The topological polar surface area (TPSA) is 66.5 Å². The van der Waals surface area contributed by atoms with Crippen molar-refractivity contribution in [2.45, 2.75) is 17.7 Å². The van der Waals surface area contributed by atoms with E-state index in [1.165, 1.54) is 10.4 Å². The molecule has 1 fully saturated rings. The molecule has 0 saturated carbocycles. The molecule has 1 N–H and O–H groups in total.